The zero-order chi connectivity index (χ0) is 15.8. The van der Waals surface area contributed by atoms with Gasteiger partial charge in [0.05, 0.1) is 6.42 Å². The molecule has 0 aliphatic heterocycles. The summed E-state index contributed by atoms with van der Waals surface area (Å²) in [6.07, 6.45) is 5.39. The van der Waals surface area contributed by atoms with Crippen molar-refractivity contribution in [3.8, 4) is 0 Å². The highest BCUT2D eigenvalue weighted by atomic mass is 32.1. The molecule has 1 aromatic carbocycles. The maximum atomic E-state index is 11.8. The predicted molar refractivity (Wildman–Crippen MR) is 88.7 cm³/mol. The summed E-state index contributed by atoms with van der Waals surface area (Å²) in [5, 5.41) is 2.72. The van der Waals surface area contributed by atoms with Crippen LogP contribution in [0.15, 0.2) is 30.3 Å². The van der Waals surface area contributed by atoms with Crippen molar-refractivity contribution in [1.29, 1.82) is 0 Å². The van der Waals surface area contributed by atoms with Gasteiger partial charge >= 0.3 is 0 Å². The second-order valence-electron chi connectivity index (χ2n) is 5.57. The van der Waals surface area contributed by atoms with Crippen LogP contribution in [0.3, 0.4) is 0 Å². The number of benzene rings is 1. The van der Waals surface area contributed by atoms with Crippen LogP contribution in [0.1, 0.15) is 37.7 Å². The number of carbonyl (C=O) groups is 2. The Morgan fingerprint density at radius 2 is 1.73 bits per heavy atom. The van der Waals surface area contributed by atoms with Gasteiger partial charge in [-0.15, -0.1) is 0 Å². The summed E-state index contributed by atoms with van der Waals surface area (Å²) in [4.78, 5) is 23.5. The topological polar surface area (TPSA) is 70.2 Å². The second kappa shape index (κ2) is 8.48. The largest absolute Gasteiger partial charge is 0.302 e. The molecule has 22 heavy (non-hydrogen) atoms. The van der Waals surface area contributed by atoms with Gasteiger partial charge in [-0.25, -0.2) is 0 Å². The highest BCUT2D eigenvalue weighted by Gasteiger charge is 2.18. The lowest BCUT2D eigenvalue weighted by Gasteiger charge is -2.12. The maximum Gasteiger partial charge on any atom is 0.242 e. The molecule has 6 heteroatoms. The highest BCUT2D eigenvalue weighted by Crippen LogP contribution is 2.27. The monoisotopic (exact) mass is 319 g/mol. The summed E-state index contributed by atoms with van der Waals surface area (Å²) in [6.45, 7) is 0. The standard InChI is InChI=1S/C16H21N3O2S/c20-14(10-12-8-4-5-9-12)17-16(22)19-18-15(21)11-13-6-2-1-3-7-13/h1-3,6-7,12H,4-5,8-11H2,(H,18,21)(H2,17,19,20,22). The van der Waals surface area contributed by atoms with Gasteiger partial charge in [0, 0.05) is 6.42 Å². The molecule has 0 bridgehead atoms. The normalized spacial score (nSPS) is 14.4. The van der Waals surface area contributed by atoms with E-state index < -0.39 is 0 Å². The first kappa shape index (κ1) is 16.4. The van der Waals surface area contributed by atoms with Crippen LogP contribution in [0.4, 0.5) is 0 Å². The molecule has 2 amide bonds. The van der Waals surface area contributed by atoms with E-state index in [9.17, 15) is 9.59 Å². The van der Waals surface area contributed by atoms with E-state index in [1.165, 1.54) is 12.8 Å². The Labute approximate surface area is 135 Å². The molecule has 0 spiro atoms. The lowest BCUT2D eigenvalue weighted by Crippen LogP contribution is -2.49. The summed E-state index contributed by atoms with van der Waals surface area (Å²) in [6, 6.07) is 9.41. The van der Waals surface area contributed by atoms with Crippen molar-refractivity contribution in [3.63, 3.8) is 0 Å². The number of carbonyl (C=O) groups excluding carboxylic acids is 2. The third-order valence-electron chi connectivity index (χ3n) is 3.72. The molecule has 1 aromatic rings. The molecular formula is C16H21N3O2S. The van der Waals surface area contributed by atoms with Crippen LogP contribution in [0.5, 0.6) is 0 Å². The van der Waals surface area contributed by atoms with Gasteiger partial charge < -0.3 is 5.32 Å². The minimum Gasteiger partial charge on any atom is -0.302 e. The summed E-state index contributed by atoms with van der Waals surface area (Å²) in [5.74, 6) is 0.163. The van der Waals surface area contributed by atoms with E-state index in [0.717, 1.165) is 18.4 Å². The van der Waals surface area contributed by atoms with Gasteiger partial charge in [0.2, 0.25) is 11.8 Å². The van der Waals surface area contributed by atoms with Crippen LogP contribution in [-0.4, -0.2) is 16.9 Å². The van der Waals surface area contributed by atoms with Crippen molar-refractivity contribution in [2.45, 2.75) is 38.5 Å². The number of thiocarbonyl (C=S) groups is 1. The zero-order valence-electron chi connectivity index (χ0n) is 12.4. The fourth-order valence-electron chi connectivity index (χ4n) is 2.64. The number of rotatable bonds is 4. The Kier molecular flexibility index (Phi) is 6.33. The maximum absolute atomic E-state index is 11.8. The smallest absolute Gasteiger partial charge is 0.242 e. The molecule has 1 fully saturated rings. The third kappa shape index (κ3) is 5.81. The van der Waals surface area contributed by atoms with Gasteiger partial charge in [-0.1, -0.05) is 43.2 Å². The Hall–Kier alpha value is -1.95. The highest BCUT2D eigenvalue weighted by molar-refractivity contribution is 7.80. The molecule has 118 valence electrons. The van der Waals surface area contributed by atoms with Crippen molar-refractivity contribution in [2.24, 2.45) is 5.92 Å². The van der Waals surface area contributed by atoms with E-state index in [-0.39, 0.29) is 23.3 Å². The quantitative estimate of drug-likeness (QED) is 0.585. The molecule has 0 heterocycles. The minimum absolute atomic E-state index is 0.0956. The van der Waals surface area contributed by atoms with Crippen LogP contribution in [0.25, 0.3) is 0 Å². The van der Waals surface area contributed by atoms with E-state index in [0.29, 0.717) is 12.3 Å². The average molecular weight is 319 g/mol. The molecule has 5 nitrogen and oxygen atoms in total. The van der Waals surface area contributed by atoms with Crippen molar-refractivity contribution in [2.75, 3.05) is 0 Å². The predicted octanol–water partition coefficient (Wildman–Crippen LogP) is 1.83. The minimum atomic E-state index is -0.210. The van der Waals surface area contributed by atoms with Gasteiger partial charge in [-0.05, 0) is 36.5 Å². The lowest BCUT2D eigenvalue weighted by atomic mass is 10.0. The molecular weight excluding hydrogens is 298 g/mol. The number of hydrogen-bond donors (Lipinski definition) is 3. The first-order valence-electron chi connectivity index (χ1n) is 7.56. The fourth-order valence-corrected chi connectivity index (χ4v) is 2.80. The lowest BCUT2D eigenvalue weighted by molar-refractivity contribution is -0.122. The van der Waals surface area contributed by atoms with Gasteiger partial charge in [0.1, 0.15) is 0 Å². The molecule has 3 N–H and O–H groups in total. The molecule has 1 aliphatic carbocycles. The Morgan fingerprint density at radius 1 is 1.05 bits per heavy atom. The fraction of sp³-hybridized carbons (Fsp3) is 0.438. The van der Waals surface area contributed by atoms with Crippen LogP contribution < -0.4 is 16.2 Å². The number of nitrogens with one attached hydrogen (secondary N) is 3. The van der Waals surface area contributed by atoms with E-state index in [4.69, 9.17) is 12.2 Å². The van der Waals surface area contributed by atoms with Crippen LogP contribution in [-0.2, 0) is 16.0 Å². The summed E-state index contributed by atoms with van der Waals surface area (Å²) >= 11 is 5.00. The summed E-state index contributed by atoms with van der Waals surface area (Å²) in [5.41, 5.74) is 5.96. The third-order valence-corrected chi connectivity index (χ3v) is 3.93. The molecule has 0 atom stereocenters. The van der Waals surface area contributed by atoms with Gasteiger partial charge in [0.25, 0.3) is 0 Å². The molecule has 0 aromatic heterocycles. The first-order valence-corrected chi connectivity index (χ1v) is 7.97. The van der Waals surface area contributed by atoms with E-state index in [1.54, 1.807) is 0 Å². The molecule has 0 saturated heterocycles. The van der Waals surface area contributed by atoms with Gasteiger partial charge in [-0.2, -0.15) is 0 Å². The van der Waals surface area contributed by atoms with Crippen LogP contribution in [0.2, 0.25) is 0 Å². The van der Waals surface area contributed by atoms with Crippen LogP contribution in [0, 0.1) is 5.92 Å². The second-order valence-corrected chi connectivity index (χ2v) is 5.98. The molecule has 0 unspecified atom stereocenters. The molecule has 0 radical (unpaired) electrons. The van der Waals surface area contributed by atoms with Crippen molar-refractivity contribution < 1.29 is 9.59 Å². The summed E-state index contributed by atoms with van der Waals surface area (Å²) < 4.78 is 0. The zero-order valence-corrected chi connectivity index (χ0v) is 13.2. The van der Waals surface area contributed by atoms with Gasteiger partial charge in [-0.3, -0.25) is 20.4 Å². The molecule has 2 rings (SSSR count). The molecule has 1 saturated carbocycles. The van der Waals surface area contributed by atoms with Gasteiger partial charge in [0.15, 0.2) is 5.11 Å². The van der Waals surface area contributed by atoms with E-state index in [1.807, 2.05) is 30.3 Å². The number of amides is 2. The van der Waals surface area contributed by atoms with Crippen molar-refractivity contribution in [1.82, 2.24) is 16.2 Å². The Balaban J connectivity index is 1.64. The molecule has 1 aliphatic rings. The van der Waals surface area contributed by atoms with E-state index in [2.05, 4.69) is 16.2 Å². The number of hydrazine groups is 1. The number of hydrogen-bond acceptors (Lipinski definition) is 3. The van der Waals surface area contributed by atoms with Crippen molar-refractivity contribution in [3.05, 3.63) is 35.9 Å². The summed E-state index contributed by atoms with van der Waals surface area (Å²) in [7, 11) is 0. The van der Waals surface area contributed by atoms with Crippen molar-refractivity contribution >= 4 is 29.1 Å². The Bertz CT molecular complexity index is 527. The first-order chi connectivity index (χ1) is 10.6. The average Bonchev–Trinajstić information content (AvgIpc) is 2.99. The van der Waals surface area contributed by atoms with E-state index >= 15 is 0 Å². The Morgan fingerprint density at radius 3 is 2.41 bits per heavy atom. The van der Waals surface area contributed by atoms with Crippen LogP contribution >= 0.6 is 12.2 Å². The SMILES string of the molecule is O=C(Cc1ccccc1)NNC(=S)NC(=O)CC1CCCC1.